The number of pyridine rings is 1. The van der Waals surface area contributed by atoms with Gasteiger partial charge in [-0.3, -0.25) is 4.98 Å². The van der Waals surface area contributed by atoms with Crippen LogP contribution < -0.4 is 0 Å². The maximum atomic E-state index is 12.7. The zero-order valence-electron chi connectivity index (χ0n) is 10.4. The Morgan fingerprint density at radius 2 is 1.95 bits per heavy atom. The fourth-order valence-electron chi connectivity index (χ4n) is 2.84. The average molecular weight is 303 g/mol. The molecule has 0 saturated carbocycles. The molecular weight excluding hydrogens is 291 g/mol. The number of allylic oxidation sites excluding steroid dienone is 1. The molecule has 3 nitrogen and oxygen atoms in total. The third-order valence-corrected chi connectivity index (χ3v) is 6.48. The van der Waals surface area contributed by atoms with Crippen molar-refractivity contribution in [1.29, 1.82) is 0 Å². The maximum absolute atomic E-state index is 12.7. The van der Waals surface area contributed by atoms with Gasteiger partial charge >= 0.3 is 6.18 Å². The number of alkyl halides is 3. The molecule has 7 heteroatoms. The van der Waals surface area contributed by atoms with Crippen LogP contribution in [0.1, 0.15) is 30.4 Å². The van der Waals surface area contributed by atoms with E-state index >= 15 is 0 Å². The van der Waals surface area contributed by atoms with Crippen molar-refractivity contribution < 1.29 is 21.6 Å². The third-order valence-electron chi connectivity index (χ3n) is 3.93. The Kier molecular flexibility index (Phi) is 2.93. The van der Waals surface area contributed by atoms with Gasteiger partial charge in [0, 0.05) is 12.4 Å². The molecule has 1 fully saturated rings. The summed E-state index contributed by atoms with van der Waals surface area (Å²) in [6.45, 7) is 0. The maximum Gasteiger partial charge on any atom is 0.417 e. The van der Waals surface area contributed by atoms with E-state index in [9.17, 15) is 21.6 Å². The van der Waals surface area contributed by atoms with Crippen LogP contribution in [0.3, 0.4) is 0 Å². The molecule has 2 unspecified atom stereocenters. The number of aromatic nitrogens is 1. The smallest absolute Gasteiger partial charge is 0.263 e. The number of sulfone groups is 1. The monoisotopic (exact) mass is 303 g/mol. The fraction of sp³-hybridized carbons (Fsp3) is 0.462. The van der Waals surface area contributed by atoms with Crippen LogP contribution in [0.2, 0.25) is 0 Å². The van der Waals surface area contributed by atoms with Crippen LogP contribution in [-0.4, -0.2) is 23.9 Å². The minimum Gasteiger partial charge on any atom is -0.263 e. The lowest BCUT2D eigenvalue weighted by molar-refractivity contribution is -0.137. The van der Waals surface area contributed by atoms with Gasteiger partial charge in [-0.15, -0.1) is 0 Å². The Morgan fingerprint density at radius 1 is 1.20 bits per heavy atom. The Bertz CT molecular complexity index is 679. The van der Waals surface area contributed by atoms with Crippen molar-refractivity contribution in [2.45, 2.75) is 35.9 Å². The van der Waals surface area contributed by atoms with E-state index in [2.05, 4.69) is 4.98 Å². The van der Waals surface area contributed by atoms with E-state index in [-0.39, 0.29) is 6.42 Å². The summed E-state index contributed by atoms with van der Waals surface area (Å²) in [5.41, 5.74) is 0.217. The molecule has 0 radical (unpaired) electrons. The Balaban J connectivity index is 2.00. The van der Waals surface area contributed by atoms with Gasteiger partial charge in [-0.2, -0.15) is 13.2 Å². The first-order valence-electron chi connectivity index (χ1n) is 6.24. The first-order chi connectivity index (χ1) is 9.28. The predicted octanol–water partition coefficient (Wildman–Crippen LogP) is 2.83. The second-order valence-electron chi connectivity index (χ2n) is 5.18. The van der Waals surface area contributed by atoms with Gasteiger partial charge in [-0.1, -0.05) is 6.08 Å². The molecule has 2 bridgehead atoms. The standard InChI is InChI=1S/C13H12F3NO2S/c14-13(15,16)10-3-9(6-17-7-10)8-4-11-1-2-12(5-8)20(11,18)19/h3-4,6-7,11-12H,1-2,5H2. The van der Waals surface area contributed by atoms with Gasteiger partial charge in [0.25, 0.3) is 0 Å². The number of nitrogens with zero attached hydrogens (tertiary/aromatic N) is 1. The number of hydrogen-bond donors (Lipinski definition) is 0. The van der Waals surface area contributed by atoms with Gasteiger partial charge < -0.3 is 0 Å². The summed E-state index contributed by atoms with van der Waals surface area (Å²) >= 11 is 0. The average Bonchev–Trinajstić information content (AvgIpc) is 2.57. The fourth-order valence-corrected chi connectivity index (χ4v) is 5.03. The normalized spacial score (nSPS) is 28.2. The first-order valence-corrected chi connectivity index (χ1v) is 7.85. The second-order valence-corrected chi connectivity index (χ2v) is 7.63. The highest BCUT2D eigenvalue weighted by molar-refractivity contribution is 7.93. The molecule has 108 valence electrons. The number of hydrogen-bond acceptors (Lipinski definition) is 3. The van der Waals surface area contributed by atoms with Crippen LogP contribution in [0, 0.1) is 0 Å². The van der Waals surface area contributed by atoms with Gasteiger partial charge in [0.15, 0.2) is 9.84 Å². The van der Waals surface area contributed by atoms with Crippen molar-refractivity contribution in [2.24, 2.45) is 0 Å². The van der Waals surface area contributed by atoms with Crippen molar-refractivity contribution >= 4 is 15.4 Å². The molecule has 0 aromatic carbocycles. The van der Waals surface area contributed by atoms with E-state index in [0.29, 0.717) is 24.0 Å². The highest BCUT2D eigenvalue weighted by atomic mass is 32.2. The van der Waals surface area contributed by atoms with Crippen LogP contribution in [0.25, 0.3) is 5.57 Å². The highest BCUT2D eigenvalue weighted by Gasteiger charge is 2.43. The van der Waals surface area contributed by atoms with E-state index in [1.807, 2.05) is 0 Å². The van der Waals surface area contributed by atoms with E-state index in [4.69, 9.17) is 0 Å². The van der Waals surface area contributed by atoms with Gasteiger partial charge in [0.1, 0.15) is 0 Å². The van der Waals surface area contributed by atoms with E-state index in [1.54, 1.807) is 6.08 Å². The second kappa shape index (κ2) is 4.31. The molecule has 3 rings (SSSR count). The van der Waals surface area contributed by atoms with Crippen molar-refractivity contribution in [3.05, 3.63) is 35.7 Å². The molecule has 2 aliphatic rings. The molecule has 2 atom stereocenters. The lowest BCUT2D eigenvalue weighted by atomic mass is 10.0. The Hall–Kier alpha value is -1.37. The minimum atomic E-state index is -4.44. The summed E-state index contributed by atoms with van der Waals surface area (Å²) in [5.74, 6) is 0. The summed E-state index contributed by atoms with van der Waals surface area (Å²) in [7, 11) is -3.13. The molecule has 3 heterocycles. The van der Waals surface area contributed by atoms with Crippen LogP contribution in [-0.2, 0) is 16.0 Å². The molecule has 0 N–H and O–H groups in total. The summed E-state index contributed by atoms with van der Waals surface area (Å²) in [6.07, 6.45) is 0.708. The third kappa shape index (κ3) is 2.13. The molecule has 1 aromatic heterocycles. The van der Waals surface area contributed by atoms with Gasteiger partial charge in [0.2, 0.25) is 0 Å². The zero-order valence-corrected chi connectivity index (χ0v) is 11.2. The number of fused-ring (bicyclic) bond motifs is 2. The quantitative estimate of drug-likeness (QED) is 0.801. The molecule has 2 aliphatic heterocycles. The zero-order chi connectivity index (χ0) is 14.5. The van der Waals surface area contributed by atoms with E-state index in [1.165, 1.54) is 6.20 Å². The summed E-state index contributed by atoms with van der Waals surface area (Å²) < 4.78 is 61.9. The Morgan fingerprint density at radius 3 is 2.60 bits per heavy atom. The summed E-state index contributed by atoms with van der Waals surface area (Å²) in [4.78, 5) is 3.62. The molecule has 0 aliphatic carbocycles. The SMILES string of the molecule is O=S1(=O)C2C=C(c3cncc(C(F)(F)F)c3)CC1CC2. The van der Waals surface area contributed by atoms with Crippen LogP contribution >= 0.6 is 0 Å². The lowest BCUT2D eigenvalue weighted by Crippen LogP contribution is -2.26. The van der Waals surface area contributed by atoms with Crippen molar-refractivity contribution in [2.75, 3.05) is 0 Å². The molecule has 1 aromatic rings. The molecule has 20 heavy (non-hydrogen) atoms. The Labute approximate surface area is 114 Å². The molecule has 1 saturated heterocycles. The summed E-state index contributed by atoms with van der Waals surface area (Å²) in [5, 5.41) is -1.01. The van der Waals surface area contributed by atoms with Crippen molar-refractivity contribution in [3.8, 4) is 0 Å². The molecule has 0 amide bonds. The molecule has 0 spiro atoms. The van der Waals surface area contributed by atoms with Gasteiger partial charge in [-0.05, 0) is 36.5 Å². The number of rotatable bonds is 1. The number of halogens is 3. The summed E-state index contributed by atoms with van der Waals surface area (Å²) in [6, 6.07) is 1.04. The van der Waals surface area contributed by atoms with Crippen LogP contribution in [0.4, 0.5) is 13.2 Å². The highest BCUT2D eigenvalue weighted by Crippen LogP contribution is 2.41. The van der Waals surface area contributed by atoms with Gasteiger partial charge in [0.05, 0.1) is 16.1 Å². The van der Waals surface area contributed by atoms with E-state index in [0.717, 1.165) is 12.3 Å². The van der Waals surface area contributed by atoms with Crippen molar-refractivity contribution in [3.63, 3.8) is 0 Å². The predicted molar refractivity (Wildman–Crippen MR) is 67.6 cm³/mol. The largest absolute Gasteiger partial charge is 0.417 e. The van der Waals surface area contributed by atoms with Crippen LogP contribution in [0.15, 0.2) is 24.5 Å². The molecular formula is C13H12F3NO2S. The van der Waals surface area contributed by atoms with Crippen molar-refractivity contribution in [1.82, 2.24) is 4.98 Å². The van der Waals surface area contributed by atoms with E-state index < -0.39 is 32.1 Å². The lowest BCUT2D eigenvalue weighted by Gasteiger charge is -2.20. The topological polar surface area (TPSA) is 47.0 Å². The minimum absolute atomic E-state index is 0.280. The van der Waals surface area contributed by atoms with Gasteiger partial charge in [-0.25, -0.2) is 8.42 Å². The first kappa shape index (κ1) is 13.6. The van der Waals surface area contributed by atoms with Crippen LogP contribution in [0.5, 0.6) is 0 Å².